The van der Waals surface area contributed by atoms with Crippen molar-refractivity contribution in [2.75, 3.05) is 58.1 Å². The maximum Gasteiger partial charge on any atom is 3.00 e. The van der Waals surface area contributed by atoms with Crippen LogP contribution in [-0.2, 0) is 76.6 Å². The first-order valence-corrected chi connectivity index (χ1v) is 15.5. The summed E-state index contributed by atoms with van der Waals surface area (Å²) < 4.78 is 31.3. The molecule has 0 atom stereocenters. The average Bonchev–Trinajstić information content (AvgIpc) is 2.61. The van der Waals surface area contributed by atoms with Gasteiger partial charge in [0.25, 0.3) is 0 Å². The summed E-state index contributed by atoms with van der Waals surface area (Å²) in [5.74, 6) is -9.75. The van der Waals surface area contributed by atoms with Crippen molar-refractivity contribution < 1.29 is 137 Å². The van der Waals surface area contributed by atoms with Crippen molar-refractivity contribution in [2.45, 2.75) is 0 Å². The topological polar surface area (TPSA) is 423 Å². The van der Waals surface area contributed by atoms with Crippen molar-refractivity contribution in [3.05, 3.63) is 0 Å². The van der Waals surface area contributed by atoms with Gasteiger partial charge in [0.2, 0.25) is 0 Å². The van der Waals surface area contributed by atoms with Gasteiger partial charge in [-0.2, -0.15) is 0 Å². The van der Waals surface area contributed by atoms with Crippen LogP contribution in [0.4, 0.5) is 0 Å². The van der Waals surface area contributed by atoms with E-state index in [4.69, 9.17) is 29.4 Å². The van der Waals surface area contributed by atoms with E-state index in [0.29, 0.717) is 14.7 Å². The Labute approximate surface area is 267 Å². The second-order valence-corrected chi connectivity index (χ2v) is 12.4. The van der Waals surface area contributed by atoms with Gasteiger partial charge in [-0.15, -0.1) is 0 Å². The standard InChI is InChI=1S/3C5H10NO7P.2Fe/c3*7-4(8)1-6(2-5(9)10)3-14(11,12)13;;/h3*1-3H2,(H,7,8)(H,9,10)(H2,11,12,13);;/q;;;2*+3/p-6. The molecule has 24 nitrogen and oxygen atoms in total. The van der Waals surface area contributed by atoms with E-state index in [1.807, 2.05) is 0 Å². The molecule has 0 aromatic carbocycles. The largest absolute Gasteiger partial charge is 3.00 e. The van der Waals surface area contributed by atoms with Gasteiger partial charge in [-0.3, -0.25) is 28.4 Å². The molecule has 0 saturated heterocycles. The van der Waals surface area contributed by atoms with Gasteiger partial charge in [-0.1, -0.05) is 0 Å². The Hall–Kier alpha value is -1.81. The third-order valence-electron chi connectivity index (χ3n) is 3.27. The summed E-state index contributed by atoms with van der Waals surface area (Å²) in [6.07, 6.45) is -2.89. The average molecular weight is 787 g/mol. The minimum Gasteiger partial charge on any atom is -0.549 e. The molecule has 0 aliphatic heterocycles. The van der Waals surface area contributed by atoms with Crippen LogP contribution in [0.15, 0.2) is 0 Å². The molecular formula is C15H24Fe2N3O21P3. The molecule has 29 heteroatoms. The van der Waals surface area contributed by atoms with Gasteiger partial charge in [-0.25, -0.2) is 0 Å². The van der Waals surface area contributed by atoms with Crippen LogP contribution in [0.1, 0.15) is 0 Å². The first-order valence-electron chi connectivity index (χ1n) is 10.1. The summed E-state index contributed by atoms with van der Waals surface area (Å²) in [6, 6.07) is 0. The molecule has 0 unspecified atom stereocenters. The van der Waals surface area contributed by atoms with E-state index in [2.05, 4.69) is 0 Å². The smallest absolute Gasteiger partial charge is 0.549 e. The molecule has 44 heavy (non-hydrogen) atoms. The maximum absolute atomic E-state index is 10.4. The van der Waals surface area contributed by atoms with Gasteiger partial charge >= 0.3 is 56.9 Å². The Morgan fingerprint density at radius 2 is 0.500 bits per heavy atom. The van der Waals surface area contributed by atoms with Gasteiger partial charge < -0.3 is 88.8 Å². The van der Waals surface area contributed by atoms with Gasteiger partial charge in [0.15, 0.2) is 0 Å². The van der Waals surface area contributed by atoms with E-state index < -0.39 is 117 Å². The molecule has 0 aromatic rings. The Bertz CT molecular complexity index is 911. The molecule has 0 fully saturated rings. The predicted molar refractivity (Wildman–Crippen MR) is 115 cm³/mol. The fraction of sp³-hybridized carbons (Fsp3) is 0.600. The molecule has 0 aliphatic carbocycles. The summed E-state index contributed by atoms with van der Waals surface area (Å²) in [6.45, 7) is -5.26. The van der Waals surface area contributed by atoms with Crippen LogP contribution in [0.5, 0.6) is 0 Å². The number of carboxylic acids is 6. The summed E-state index contributed by atoms with van der Waals surface area (Å²) >= 11 is 0. The summed E-state index contributed by atoms with van der Waals surface area (Å²) in [4.78, 5) is 113. The Morgan fingerprint density at radius 1 is 0.386 bits per heavy atom. The molecule has 0 spiro atoms. The van der Waals surface area contributed by atoms with Crippen molar-refractivity contribution in [3.63, 3.8) is 0 Å². The van der Waals surface area contributed by atoms with Crippen LogP contribution < -0.4 is 30.6 Å². The van der Waals surface area contributed by atoms with Crippen molar-refractivity contribution in [1.29, 1.82) is 0 Å². The number of carbonyl (C=O) groups is 6. The molecule has 0 heterocycles. The minimum absolute atomic E-state index is 0. The Morgan fingerprint density at radius 3 is 0.568 bits per heavy atom. The molecule has 0 saturated carbocycles. The van der Waals surface area contributed by atoms with Crippen molar-refractivity contribution in [2.24, 2.45) is 0 Å². The van der Waals surface area contributed by atoms with Crippen LogP contribution in [-0.4, -0.2) is 138 Å². The van der Waals surface area contributed by atoms with E-state index >= 15 is 0 Å². The zero-order chi connectivity index (χ0) is 34.1. The zero-order valence-electron chi connectivity index (χ0n) is 21.6. The fourth-order valence-electron chi connectivity index (χ4n) is 2.34. The summed E-state index contributed by atoms with van der Waals surface area (Å²) in [5.41, 5.74) is 0. The fourth-order valence-corrected chi connectivity index (χ4v) is 4.51. The van der Waals surface area contributed by atoms with E-state index in [9.17, 15) is 73.1 Å². The van der Waals surface area contributed by atoms with Gasteiger partial charge in [-0.05, 0) is 0 Å². The van der Waals surface area contributed by atoms with Gasteiger partial charge in [0.05, 0.1) is 35.8 Å². The van der Waals surface area contributed by atoms with Crippen LogP contribution in [0.2, 0.25) is 0 Å². The Kier molecular flexibility index (Phi) is 28.7. The molecule has 2 radical (unpaired) electrons. The molecule has 0 amide bonds. The summed E-state index contributed by atoms with van der Waals surface area (Å²) in [7, 11) is -13.5. The molecule has 256 valence electrons. The van der Waals surface area contributed by atoms with Gasteiger partial charge in [0, 0.05) is 39.3 Å². The van der Waals surface area contributed by atoms with Crippen LogP contribution >= 0.6 is 22.8 Å². The number of carbonyl (C=O) groups excluding carboxylic acids is 6. The predicted octanol–water partition coefficient (Wildman–Crippen LogP) is -12.2. The third-order valence-corrected chi connectivity index (χ3v) is 5.57. The maximum atomic E-state index is 10.4. The van der Waals surface area contributed by atoms with E-state index in [1.165, 1.54) is 0 Å². The van der Waals surface area contributed by atoms with Crippen molar-refractivity contribution >= 4 is 58.6 Å². The quantitative estimate of drug-likeness (QED) is 0.0555. The Balaban J connectivity index is -0.000000169. The number of nitrogens with zero attached hydrogens (tertiary/aromatic N) is 3. The first kappa shape index (κ1) is 51.8. The summed E-state index contributed by atoms with van der Waals surface area (Å²) in [5, 5.41) is 60.3. The van der Waals surface area contributed by atoms with E-state index in [1.54, 1.807) is 0 Å². The number of rotatable bonds is 18. The third kappa shape index (κ3) is 44.6. The van der Waals surface area contributed by atoms with Crippen LogP contribution in [0, 0.1) is 0 Å². The minimum atomic E-state index is -4.49. The van der Waals surface area contributed by atoms with Crippen LogP contribution in [0.25, 0.3) is 0 Å². The molecule has 0 rings (SSSR count). The SMILES string of the molecule is O=C([O-])CN(CC(=O)[O-])CP(=O)(O)O.O=C([O-])CN(CC(=O)[O-])CP(=O)(O)O.O=C([O-])CN(CC(=O)[O-])CP(=O)(O)O.[Fe+3].[Fe+3]. The molecular weight excluding hydrogens is 763 g/mol. The first-order chi connectivity index (χ1) is 18.6. The van der Waals surface area contributed by atoms with Gasteiger partial charge in [0.1, 0.15) is 18.9 Å². The van der Waals surface area contributed by atoms with E-state index in [0.717, 1.165) is 0 Å². The molecule has 0 bridgehead atoms. The van der Waals surface area contributed by atoms with Crippen molar-refractivity contribution in [1.82, 2.24) is 14.7 Å². The second kappa shape index (κ2) is 24.4. The normalized spacial score (nSPS) is 11.1. The number of hydrogen-bond donors (Lipinski definition) is 6. The van der Waals surface area contributed by atoms with Crippen LogP contribution in [0.3, 0.4) is 0 Å². The molecule has 6 N–H and O–H groups in total. The zero-order valence-corrected chi connectivity index (χ0v) is 26.5. The second-order valence-electron chi connectivity index (χ2n) is 7.61. The number of aliphatic carboxylic acids is 6. The number of carboxylic acid groups (broad SMARTS) is 6. The van der Waals surface area contributed by atoms with E-state index in [-0.39, 0.29) is 34.1 Å². The number of hydrogen-bond acceptors (Lipinski definition) is 18. The van der Waals surface area contributed by atoms with Crippen molar-refractivity contribution in [3.8, 4) is 0 Å². The molecule has 0 aromatic heterocycles. The monoisotopic (exact) mass is 787 g/mol. The molecule has 0 aliphatic rings.